The molecule has 1 amide bonds. The van der Waals surface area contributed by atoms with E-state index in [1.807, 2.05) is 0 Å². The largest absolute Gasteiger partial charge is 0.389 e. The Balaban J connectivity index is 1.84. The molecular formula is C14H26N2O3. The predicted octanol–water partition coefficient (Wildman–Crippen LogP) is 0.374. The zero-order valence-corrected chi connectivity index (χ0v) is 12.0. The maximum absolute atomic E-state index is 12.2. The van der Waals surface area contributed by atoms with Gasteiger partial charge < -0.3 is 15.2 Å². The molecule has 0 bridgehead atoms. The van der Waals surface area contributed by atoms with Crippen LogP contribution in [0.4, 0.5) is 0 Å². The number of hydrogen-bond donors (Lipinski definition) is 2. The number of nitrogens with zero attached hydrogens (tertiary/aromatic N) is 1. The minimum absolute atomic E-state index is 0.0267. The number of ether oxygens (including phenoxy) is 1. The zero-order valence-electron chi connectivity index (χ0n) is 12.0. The van der Waals surface area contributed by atoms with E-state index < -0.39 is 5.60 Å². The quantitative estimate of drug-likeness (QED) is 0.758. The smallest absolute Gasteiger partial charge is 0.239 e. The van der Waals surface area contributed by atoms with Crippen LogP contribution in [0.15, 0.2) is 0 Å². The van der Waals surface area contributed by atoms with E-state index in [2.05, 4.69) is 10.2 Å². The van der Waals surface area contributed by atoms with Gasteiger partial charge in [0.05, 0.1) is 18.8 Å². The molecule has 2 fully saturated rings. The van der Waals surface area contributed by atoms with Gasteiger partial charge in [-0.05, 0) is 32.6 Å². The lowest BCUT2D eigenvalue weighted by Crippen LogP contribution is -2.56. The fourth-order valence-corrected chi connectivity index (χ4v) is 2.53. The van der Waals surface area contributed by atoms with E-state index in [1.54, 1.807) is 13.8 Å². The average molecular weight is 270 g/mol. The summed E-state index contributed by atoms with van der Waals surface area (Å²) in [5.74, 6) is 0.726. The van der Waals surface area contributed by atoms with Crippen molar-refractivity contribution in [3.63, 3.8) is 0 Å². The molecule has 2 aliphatic rings. The van der Waals surface area contributed by atoms with Gasteiger partial charge in [-0.15, -0.1) is 0 Å². The van der Waals surface area contributed by atoms with E-state index >= 15 is 0 Å². The van der Waals surface area contributed by atoms with Crippen LogP contribution in [0, 0.1) is 5.92 Å². The second kappa shape index (κ2) is 6.20. The van der Waals surface area contributed by atoms with Crippen LogP contribution in [0.2, 0.25) is 0 Å². The highest BCUT2D eigenvalue weighted by atomic mass is 16.5. The number of amides is 1. The van der Waals surface area contributed by atoms with Crippen molar-refractivity contribution in [2.45, 2.75) is 44.8 Å². The Hall–Kier alpha value is -0.650. The van der Waals surface area contributed by atoms with Crippen molar-refractivity contribution in [2.75, 3.05) is 32.8 Å². The second-order valence-electron chi connectivity index (χ2n) is 6.41. The SMILES string of the molecule is CC(C)(O)CNC(=O)[C@H]1COCCN1CC1CCC1. The summed E-state index contributed by atoms with van der Waals surface area (Å²) < 4.78 is 5.43. The van der Waals surface area contributed by atoms with Gasteiger partial charge in [0.25, 0.3) is 0 Å². The third-order valence-corrected chi connectivity index (χ3v) is 3.95. The van der Waals surface area contributed by atoms with Crippen molar-refractivity contribution in [3.05, 3.63) is 0 Å². The molecule has 1 heterocycles. The maximum atomic E-state index is 12.2. The highest BCUT2D eigenvalue weighted by Gasteiger charge is 2.32. The Kier molecular flexibility index (Phi) is 4.81. The molecule has 5 nitrogen and oxygen atoms in total. The monoisotopic (exact) mass is 270 g/mol. The van der Waals surface area contributed by atoms with Gasteiger partial charge in [-0.1, -0.05) is 6.42 Å². The molecule has 0 spiro atoms. The summed E-state index contributed by atoms with van der Waals surface area (Å²) in [5.41, 5.74) is -0.871. The summed E-state index contributed by atoms with van der Waals surface area (Å²) >= 11 is 0. The Morgan fingerprint density at radius 3 is 2.79 bits per heavy atom. The van der Waals surface area contributed by atoms with Crippen LogP contribution in [0.3, 0.4) is 0 Å². The topological polar surface area (TPSA) is 61.8 Å². The van der Waals surface area contributed by atoms with Gasteiger partial charge in [0.1, 0.15) is 6.04 Å². The number of rotatable bonds is 5. The Morgan fingerprint density at radius 2 is 2.21 bits per heavy atom. The van der Waals surface area contributed by atoms with E-state index in [-0.39, 0.29) is 18.5 Å². The first kappa shape index (κ1) is 14.8. The van der Waals surface area contributed by atoms with Crippen LogP contribution in [0.1, 0.15) is 33.1 Å². The van der Waals surface area contributed by atoms with Crippen LogP contribution in [0.25, 0.3) is 0 Å². The van der Waals surface area contributed by atoms with Crippen LogP contribution in [-0.4, -0.2) is 60.4 Å². The highest BCUT2D eigenvalue weighted by molar-refractivity contribution is 5.82. The highest BCUT2D eigenvalue weighted by Crippen LogP contribution is 2.28. The van der Waals surface area contributed by atoms with Gasteiger partial charge in [-0.25, -0.2) is 0 Å². The second-order valence-corrected chi connectivity index (χ2v) is 6.41. The van der Waals surface area contributed by atoms with Crippen molar-refractivity contribution < 1.29 is 14.6 Å². The molecule has 2 rings (SSSR count). The van der Waals surface area contributed by atoms with Crippen LogP contribution in [0.5, 0.6) is 0 Å². The van der Waals surface area contributed by atoms with Gasteiger partial charge in [0.2, 0.25) is 5.91 Å². The van der Waals surface area contributed by atoms with E-state index in [0.29, 0.717) is 13.2 Å². The molecule has 0 aromatic heterocycles. The molecule has 19 heavy (non-hydrogen) atoms. The number of nitrogens with one attached hydrogen (secondary N) is 1. The van der Waals surface area contributed by atoms with E-state index in [1.165, 1.54) is 19.3 Å². The van der Waals surface area contributed by atoms with Gasteiger partial charge in [0.15, 0.2) is 0 Å². The molecule has 0 aromatic rings. The number of morpholine rings is 1. The lowest BCUT2D eigenvalue weighted by atomic mass is 9.84. The van der Waals surface area contributed by atoms with Crippen molar-refractivity contribution >= 4 is 5.91 Å². The Bertz CT molecular complexity index is 310. The molecule has 1 aliphatic heterocycles. The average Bonchev–Trinajstić information content (AvgIpc) is 2.30. The van der Waals surface area contributed by atoms with E-state index in [0.717, 1.165) is 19.0 Å². The summed E-state index contributed by atoms with van der Waals surface area (Å²) in [6.45, 7) is 6.67. The third kappa shape index (κ3) is 4.44. The van der Waals surface area contributed by atoms with Gasteiger partial charge in [-0.2, -0.15) is 0 Å². The molecule has 5 heteroatoms. The van der Waals surface area contributed by atoms with Crippen molar-refractivity contribution in [3.8, 4) is 0 Å². The summed E-state index contributed by atoms with van der Waals surface area (Å²) in [6.07, 6.45) is 3.90. The Labute approximate surface area is 115 Å². The van der Waals surface area contributed by atoms with Crippen LogP contribution in [-0.2, 0) is 9.53 Å². The number of aliphatic hydroxyl groups is 1. The van der Waals surface area contributed by atoms with Crippen molar-refractivity contribution in [1.29, 1.82) is 0 Å². The molecule has 0 radical (unpaired) electrons. The first-order chi connectivity index (χ1) is 8.96. The first-order valence-corrected chi connectivity index (χ1v) is 7.27. The normalized spacial score (nSPS) is 25.9. The molecule has 0 unspecified atom stereocenters. The molecule has 110 valence electrons. The predicted molar refractivity (Wildman–Crippen MR) is 72.8 cm³/mol. The summed E-state index contributed by atoms with van der Waals surface area (Å²) in [4.78, 5) is 14.4. The Morgan fingerprint density at radius 1 is 1.47 bits per heavy atom. The molecule has 2 N–H and O–H groups in total. The first-order valence-electron chi connectivity index (χ1n) is 7.27. The number of carbonyl (C=O) groups is 1. The minimum Gasteiger partial charge on any atom is -0.389 e. The standard InChI is InChI=1S/C14H26N2O3/c1-14(2,18)10-15-13(17)12-9-19-7-6-16(12)8-11-4-3-5-11/h11-12,18H,3-10H2,1-2H3,(H,15,17)/t12-/m1/s1. The molecule has 1 saturated heterocycles. The van der Waals surface area contributed by atoms with E-state index in [4.69, 9.17) is 4.74 Å². The number of carbonyl (C=O) groups excluding carboxylic acids is 1. The van der Waals surface area contributed by atoms with Crippen molar-refractivity contribution in [1.82, 2.24) is 10.2 Å². The molecule has 1 saturated carbocycles. The third-order valence-electron chi connectivity index (χ3n) is 3.95. The summed E-state index contributed by atoms with van der Waals surface area (Å²) in [5, 5.41) is 12.5. The van der Waals surface area contributed by atoms with Crippen molar-refractivity contribution in [2.24, 2.45) is 5.92 Å². The summed E-state index contributed by atoms with van der Waals surface area (Å²) in [7, 11) is 0. The van der Waals surface area contributed by atoms with Crippen LogP contribution < -0.4 is 5.32 Å². The lowest BCUT2D eigenvalue weighted by molar-refractivity contribution is -0.134. The maximum Gasteiger partial charge on any atom is 0.239 e. The van der Waals surface area contributed by atoms with Gasteiger partial charge in [-0.3, -0.25) is 9.69 Å². The number of hydrogen-bond acceptors (Lipinski definition) is 4. The van der Waals surface area contributed by atoms with Crippen LogP contribution >= 0.6 is 0 Å². The summed E-state index contributed by atoms with van der Waals surface area (Å²) in [6, 6.07) is -0.198. The zero-order chi connectivity index (χ0) is 13.9. The fraction of sp³-hybridized carbons (Fsp3) is 0.929. The molecule has 0 aromatic carbocycles. The molecule has 1 atom stereocenters. The van der Waals surface area contributed by atoms with Gasteiger partial charge >= 0.3 is 0 Å². The molecular weight excluding hydrogens is 244 g/mol. The lowest BCUT2D eigenvalue weighted by Gasteiger charge is -2.39. The van der Waals surface area contributed by atoms with E-state index in [9.17, 15) is 9.90 Å². The van der Waals surface area contributed by atoms with Gasteiger partial charge in [0, 0.05) is 19.6 Å². The molecule has 1 aliphatic carbocycles. The fourth-order valence-electron chi connectivity index (χ4n) is 2.53. The minimum atomic E-state index is -0.871.